The van der Waals surface area contributed by atoms with Crippen molar-refractivity contribution in [3.63, 3.8) is 0 Å². The molecule has 0 spiro atoms. The largest absolute Gasteiger partial charge is 0.497 e. The molecule has 0 fully saturated rings. The molecule has 1 aromatic carbocycles. The highest BCUT2D eigenvalue weighted by atomic mass is 16.5. The van der Waals surface area contributed by atoms with Gasteiger partial charge in [-0.25, -0.2) is 0 Å². The van der Waals surface area contributed by atoms with Crippen LogP contribution in [0.5, 0.6) is 11.5 Å². The number of ether oxygens (including phenoxy) is 3. The Labute approximate surface area is 114 Å². The van der Waals surface area contributed by atoms with Crippen LogP contribution < -0.4 is 9.47 Å². The smallest absolute Gasteiger partial charge is 0.305 e. The summed E-state index contributed by atoms with van der Waals surface area (Å²) in [5, 5.41) is 0. The minimum atomic E-state index is -0.120. The number of carbonyl (C=O) groups excluding carboxylic acids is 1. The van der Waals surface area contributed by atoms with E-state index in [2.05, 4.69) is 0 Å². The number of rotatable bonds is 8. The van der Waals surface area contributed by atoms with E-state index in [4.69, 9.17) is 14.2 Å². The lowest BCUT2D eigenvalue weighted by Gasteiger charge is -2.08. The second-order valence-corrected chi connectivity index (χ2v) is 4.23. The number of hydrogen-bond donors (Lipinski definition) is 0. The molecule has 0 aliphatic carbocycles. The van der Waals surface area contributed by atoms with Gasteiger partial charge in [0.2, 0.25) is 0 Å². The summed E-state index contributed by atoms with van der Waals surface area (Å²) in [7, 11) is 3.28. The Morgan fingerprint density at radius 3 is 2.21 bits per heavy atom. The second kappa shape index (κ2) is 8.40. The molecule has 0 saturated heterocycles. The molecule has 0 aliphatic rings. The number of unbranched alkanes of at least 4 members (excludes halogenated alkanes) is 1. The van der Waals surface area contributed by atoms with Crippen molar-refractivity contribution in [3.8, 4) is 11.5 Å². The molecule has 0 aliphatic heterocycles. The molecule has 106 valence electrons. The lowest BCUT2D eigenvalue weighted by molar-refractivity contribution is -0.143. The van der Waals surface area contributed by atoms with Crippen molar-refractivity contribution in [3.05, 3.63) is 23.8 Å². The fourth-order valence-electron chi connectivity index (χ4n) is 1.84. The maximum Gasteiger partial charge on any atom is 0.305 e. The van der Waals surface area contributed by atoms with Crippen LogP contribution in [0.15, 0.2) is 18.2 Å². The SMILES string of the molecule is CCOC(=O)CCCCc1cc(OC)cc(OC)c1. The quantitative estimate of drug-likeness (QED) is 0.536. The molecule has 0 saturated carbocycles. The van der Waals surface area contributed by atoms with E-state index in [1.54, 1.807) is 14.2 Å². The standard InChI is InChI=1S/C15H22O4/c1-4-19-15(16)8-6-5-7-12-9-13(17-2)11-14(10-12)18-3/h9-11H,4-8H2,1-3H3. The van der Waals surface area contributed by atoms with E-state index in [0.717, 1.165) is 36.3 Å². The van der Waals surface area contributed by atoms with Gasteiger partial charge in [0.25, 0.3) is 0 Å². The summed E-state index contributed by atoms with van der Waals surface area (Å²) in [5.74, 6) is 1.46. The first-order chi connectivity index (χ1) is 9.19. The van der Waals surface area contributed by atoms with Crippen molar-refractivity contribution in [2.24, 2.45) is 0 Å². The zero-order valence-electron chi connectivity index (χ0n) is 11.9. The molecule has 0 aromatic heterocycles. The van der Waals surface area contributed by atoms with Gasteiger partial charge >= 0.3 is 5.97 Å². The lowest BCUT2D eigenvalue weighted by Crippen LogP contribution is -2.03. The monoisotopic (exact) mass is 266 g/mol. The van der Waals surface area contributed by atoms with Gasteiger partial charge in [-0.2, -0.15) is 0 Å². The minimum absolute atomic E-state index is 0.120. The van der Waals surface area contributed by atoms with Gasteiger partial charge in [0, 0.05) is 12.5 Å². The van der Waals surface area contributed by atoms with Crippen molar-refractivity contribution in [1.82, 2.24) is 0 Å². The van der Waals surface area contributed by atoms with Crippen LogP contribution in [0.2, 0.25) is 0 Å². The fourth-order valence-corrected chi connectivity index (χ4v) is 1.84. The van der Waals surface area contributed by atoms with Gasteiger partial charge in [0.15, 0.2) is 0 Å². The highest BCUT2D eigenvalue weighted by molar-refractivity contribution is 5.69. The maximum absolute atomic E-state index is 11.2. The van der Waals surface area contributed by atoms with Crippen LogP contribution in [-0.2, 0) is 16.0 Å². The third-order valence-corrected chi connectivity index (χ3v) is 2.81. The van der Waals surface area contributed by atoms with Crippen LogP contribution in [-0.4, -0.2) is 26.8 Å². The van der Waals surface area contributed by atoms with E-state index in [1.807, 2.05) is 25.1 Å². The van der Waals surface area contributed by atoms with Gasteiger partial charge in [-0.3, -0.25) is 4.79 Å². The van der Waals surface area contributed by atoms with Crippen molar-refractivity contribution < 1.29 is 19.0 Å². The molecule has 1 rings (SSSR count). The Hall–Kier alpha value is -1.71. The summed E-state index contributed by atoms with van der Waals surface area (Å²) in [5.41, 5.74) is 1.15. The zero-order chi connectivity index (χ0) is 14.1. The molecule has 0 unspecified atom stereocenters. The van der Waals surface area contributed by atoms with Crippen molar-refractivity contribution in [2.75, 3.05) is 20.8 Å². The third kappa shape index (κ3) is 5.64. The fraction of sp³-hybridized carbons (Fsp3) is 0.533. The van der Waals surface area contributed by atoms with Crippen LogP contribution in [0.4, 0.5) is 0 Å². The van der Waals surface area contributed by atoms with E-state index in [9.17, 15) is 4.79 Å². The van der Waals surface area contributed by atoms with Crippen LogP contribution >= 0.6 is 0 Å². The third-order valence-electron chi connectivity index (χ3n) is 2.81. The molecule has 0 amide bonds. The predicted octanol–water partition coefficient (Wildman–Crippen LogP) is 2.98. The average Bonchev–Trinajstić information content (AvgIpc) is 2.43. The van der Waals surface area contributed by atoms with E-state index in [1.165, 1.54) is 0 Å². The molecular weight excluding hydrogens is 244 g/mol. The molecule has 4 heteroatoms. The topological polar surface area (TPSA) is 44.8 Å². The molecule has 0 radical (unpaired) electrons. The molecule has 19 heavy (non-hydrogen) atoms. The van der Waals surface area contributed by atoms with Gasteiger partial charge in [0.05, 0.1) is 20.8 Å². The van der Waals surface area contributed by atoms with E-state index >= 15 is 0 Å². The zero-order valence-corrected chi connectivity index (χ0v) is 11.9. The molecule has 0 N–H and O–H groups in total. The highest BCUT2D eigenvalue weighted by Crippen LogP contribution is 2.23. The molecular formula is C15H22O4. The Morgan fingerprint density at radius 1 is 1.05 bits per heavy atom. The van der Waals surface area contributed by atoms with Crippen LogP contribution in [0.1, 0.15) is 31.7 Å². The normalized spacial score (nSPS) is 10.1. The summed E-state index contributed by atoms with van der Waals surface area (Å²) >= 11 is 0. The summed E-state index contributed by atoms with van der Waals surface area (Å²) in [6.45, 7) is 2.27. The van der Waals surface area contributed by atoms with Crippen LogP contribution in [0.25, 0.3) is 0 Å². The van der Waals surface area contributed by atoms with Gasteiger partial charge in [0.1, 0.15) is 11.5 Å². The van der Waals surface area contributed by atoms with Crippen molar-refractivity contribution in [1.29, 1.82) is 0 Å². The summed E-state index contributed by atoms with van der Waals surface area (Å²) < 4.78 is 15.3. The highest BCUT2D eigenvalue weighted by Gasteiger charge is 2.04. The minimum Gasteiger partial charge on any atom is -0.497 e. The Morgan fingerprint density at radius 2 is 1.68 bits per heavy atom. The lowest BCUT2D eigenvalue weighted by atomic mass is 10.1. The van der Waals surface area contributed by atoms with Crippen LogP contribution in [0, 0.1) is 0 Å². The number of aryl methyl sites for hydroxylation is 1. The van der Waals surface area contributed by atoms with Crippen LogP contribution in [0.3, 0.4) is 0 Å². The van der Waals surface area contributed by atoms with Crippen molar-refractivity contribution in [2.45, 2.75) is 32.6 Å². The molecule has 0 heterocycles. The molecule has 0 atom stereocenters. The number of benzene rings is 1. The Bertz CT molecular complexity index is 379. The predicted molar refractivity (Wildman–Crippen MR) is 73.7 cm³/mol. The van der Waals surface area contributed by atoms with Crippen molar-refractivity contribution >= 4 is 5.97 Å². The number of esters is 1. The summed E-state index contributed by atoms with van der Waals surface area (Å²) in [6, 6.07) is 5.84. The first kappa shape index (κ1) is 15.3. The van der Waals surface area contributed by atoms with Gasteiger partial charge < -0.3 is 14.2 Å². The Kier molecular flexibility index (Phi) is 6.79. The first-order valence-electron chi connectivity index (χ1n) is 6.57. The van der Waals surface area contributed by atoms with Gasteiger partial charge in [-0.15, -0.1) is 0 Å². The molecule has 1 aromatic rings. The molecule has 4 nitrogen and oxygen atoms in total. The van der Waals surface area contributed by atoms with E-state index < -0.39 is 0 Å². The van der Waals surface area contributed by atoms with E-state index in [0.29, 0.717) is 13.0 Å². The average molecular weight is 266 g/mol. The first-order valence-corrected chi connectivity index (χ1v) is 6.57. The molecule has 0 bridgehead atoms. The van der Waals surface area contributed by atoms with E-state index in [-0.39, 0.29) is 5.97 Å². The van der Waals surface area contributed by atoms with Gasteiger partial charge in [-0.05, 0) is 43.9 Å². The maximum atomic E-state index is 11.2. The van der Waals surface area contributed by atoms with Gasteiger partial charge in [-0.1, -0.05) is 0 Å². The second-order valence-electron chi connectivity index (χ2n) is 4.23. The number of carbonyl (C=O) groups is 1. The number of hydrogen-bond acceptors (Lipinski definition) is 4. The summed E-state index contributed by atoms with van der Waals surface area (Å²) in [4.78, 5) is 11.2. The summed E-state index contributed by atoms with van der Waals surface area (Å²) in [6.07, 6.45) is 3.15. The Balaban J connectivity index is 2.42. The number of methoxy groups -OCH3 is 2.